The molecule has 2 bridgehead atoms. The van der Waals surface area contributed by atoms with Crippen molar-refractivity contribution in [2.24, 2.45) is 23.7 Å². The molecule has 1 aliphatic heterocycles. The highest BCUT2D eigenvalue weighted by Gasteiger charge is 2.65. The first kappa shape index (κ1) is 12.1. The fourth-order valence-corrected chi connectivity index (χ4v) is 4.62. The summed E-state index contributed by atoms with van der Waals surface area (Å²) in [6.07, 6.45) is 2.14. The Labute approximate surface area is 117 Å². The van der Waals surface area contributed by atoms with Gasteiger partial charge < -0.3 is 5.73 Å². The Hall–Kier alpha value is -1.68. The van der Waals surface area contributed by atoms with Crippen LogP contribution in [0.5, 0.6) is 0 Å². The van der Waals surface area contributed by atoms with Crippen LogP contribution in [0.4, 0.5) is 0 Å². The Morgan fingerprint density at radius 2 is 1.55 bits per heavy atom. The van der Waals surface area contributed by atoms with Crippen LogP contribution in [0.2, 0.25) is 0 Å². The molecule has 4 heteroatoms. The molecule has 0 spiro atoms. The van der Waals surface area contributed by atoms with Crippen molar-refractivity contribution in [3.05, 3.63) is 35.9 Å². The van der Waals surface area contributed by atoms with Gasteiger partial charge in [0, 0.05) is 11.8 Å². The van der Waals surface area contributed by atoms with Gasteiger partial charge in [0.1, 0.15) is 0 Å². The number of amides is 2. The summed E-state index contributed by atoms with van der Waals surface area (Å²) in [5.74, 6) is 0.610. The number of carbonyl (C=O) groups is 2. The van der Waals surface area contributed by atoms with Gasteiger partial charge in [-0.2, -0.15) is 0 Å². The first-order valence-corrected chi connectivity index (χ1v) is 7.40. The molecule has 20 heavy (non-hydrogen) atoms. The van der Waals surface area contributed by atoms with Gasteiger partial charge in [0.2, 0.25) is 11.8 Å². The molecule has 0 aromatic heterocycles. The minimum absolute atomic E-state index is 0.0460. The van der Waals surface area contributed by atoms with Gasteiger partial charge in [-0.15, -0.1) is 0 Å². The van der Waals surface area contributed by atoms with Crippen LogP contribution < -0.4 is 5.73 Å². The maximum absolute atomic E-state index is 12.6. The summed E-state index contributed by atoms with van der Waals surface area (Å²) >= 11 is 0. The molecule has 0 radical (unpaired) electrons. The summed E-state index contributed by atoms with van der Waals surface area (Å²) in [6.45, 7) is 0.423. The molecule has 3 N–H and O–H groups in total. The molecular weight excluding hydrogens is 252 g/mol. The van der Waals surface area contributed by atoms with Crippen LogP contribution in [0, 0.1) is 23.7 Å². The van der Waals surface area contributed by atoms with Crippen LogP contribution in [0.3, 0.4) is 0 Å². The average Bonchev–Trinajstić information content (AvgIpc) is 3.05. The predicted octanol–water partition coefficient (Wildman–Crippen LogP) is 0.438. The lowest BCUT2D eigenvalue weighted by Crippen LogP contribution is -2.64. The van der Waals surface area contributed by atoms with E-state index in [9.17, 15) is 9.59 Å². The van der Waals surface area contributed by atoms with Crippen LogP contribution in [0.25, 0.3) is 0 Å². The monoisotopic (exact) mass is 271 g/mol. The number of benzene rings is 1. The molecule has 4 rings (SSSR count). The lowest BCUT2D eigenvalue weighted by Gasteiger charge is -2.18. The summed E-state index contributed by atoms with van der Waals surface area (Å²) in [4.78, 5) is 26.7. The Bertz CT molecular complexity index is 541. The Balaban J connectivity index is 1.62. The Morgan fingerprint density at radius 3 is 2.10 bits per heavy atom. The molecule has 1 saturated heterocycles. The third kappa shape index (κ3) is 1.45. The molecule has 5 atom stereocenters. The van der Waals surface area contributed by atoms with Gasteiger partial charge in [0.15, 0.2) is 0 Å². The van der Waals surface area contributed by atoms with E-state index < -0.39 is 0 Å². The van der Waals surface area contributed by atoms with Crippen molar-refractivity contribution in [3.63, 3.8) is 0 Å². The van der Waals surface area contributed by atoms with E-state index in [0.29, 0.717) is 24.4 Å². The van der Waals surface area contributed by atoms with Gasteiger partial charge in [-0.05, 0) is 18.4 Å². The van der Waals surface area contributed by atoms with Gasteiger partial charge >= 0.3 is 0 Å². The van der Waals surface area contributed by atoms with Crippen LogP contribution >= 0.6 is 0 Å². The molecule has 2 saturated carbocycles. The van der Waals surface area contributed by atoms with Crippen molar-refractivity contribution < 1.29 is 15.3 Å². The number of hydrogen-bond donors (Lipinski definition) is 1. The van der Waals surface area contributed by atoms with E-state index >= 15 is 0 Å². The third-order valence-corrected chi connectivity index (χ3v) is 5.53. The molecule has 3 aliphatic rings. The van der Waals surface area contributed by atoms with Crippen molar-refractivity contribution >= 4 is 11.8 Å². The van der Waals surface area contributed by atoms with Crippen LogP contribution in [-0.4, -0.2) is 22.8 Å². The van der Waals surface area contributed by atoms with E-state index in [1.54, 1.807) is 0 Å². The summed E-state index contributed by atoms with van der Waals surface area (Å²) in [5, 5.41) is 0. The third-order valence-electron chi connectivity index (χ3n) is 5.53. The molecule has 1 aromatic rings. The molecule has 1 unspecified atom stereocenters. The van der Waals surface area contributed by atoms with Crippen molar-refractivity contribution in [2.75, 3.05) is 0 Å². The smallest absolute Gasteiger partial charge is 0.233 e. The number of hydrogen-bond acceptors (Lipinski definition) is 2. The van der Waals surface area contributed by atoms with E-state index in [4.69, 9.17) is 0 Å². The average molecular weight is 271 g/mol. The van der Waals surface area contributed by atoms with Gasteiger partial charge in [-0.1, -0.05) is 30.3 Å². The molecule has 1 aromatic carbocycles. The van der Waals surface area contributed by atoms with Crippen molar-refractivity contribution in [2.45, 2.75) is 25.4 Å². The van der Waals surface area contributed by atoms with Crippen LogP contribution in [0.1, 0.15) is 18.4 Å². The Morgan fingerprint density at radius 1 is 1.00 bits per heavy atom. The summed E-state index contributed by atoms with van der Waals surface area (Å²) in [6, 6.07) is 10.1. The standard InChI is InChI=1S/C16H18N2O2/c17-14-10-6-7-11(14)13-12(10)15(19)18(16(13)20)8-9-4-2-1-3-5-9/h1-5,10-14H,6-8,17H2/p+1/t10-,11+,12-,13+,14?. The zero-order chi connectivity index (χ0) is 13.9. The fraction of sp³-hybridized carbons (Fsp3) is 0.500. The highest BCUT2D eigenvalue weighted by atomic mass is 16.2. The van der Waals surface area contributed by atoms with Crippen molar-refractivity contribution in [1.29, 1.82) is 0 Å². The van der Waals surface area contributed by atoms with Crippen molar-refractivity contribution in [3.8, 4) is 0 Å². The number of fused-ring (bicyclic) bond motifs is 5. The number of carbonyl (C=O) groups excluding carboxylic acids is 2. The zero-order valence-corrected chi connectivity index (χ0v) is 11.4. The topological polar surface area (TPSA) is 65.0 Å². The van der Waals surface area contributed by atoms with Crippen LogP contribution in [-0.2, 0) is 16.1 Å². The Kier molecular flexibility index (Phi) is 2.51. The summed E-state index contributed by atoms with van der Waals surface area (Å²) in [5.41, 5.74) is 5.22. The summed E-state index contributed by atoms with van der Waals surface area (Å²) in [7, 11) is 0. The zero-order valence-electron chi connectivity index (χ0n) is 11.4. The van der Waals surface area contributed by atoms with E-state index in [1.165, 1.54) is 4.90 Å². The van der Waals surface area contributed by atoms with E-state index in [1.807, 2.05) is 30.3 Å². The molecule has 2 amide bonds. The fourth-order valence-electron chi connectivity index (χ4n) is 4.62. The quantitative estimate of drug-likeness (QED) is 0.793. The maximum Gasteiger partial charge on any atom is 0.233 e. The number of quaternary nitrogens is 1. The first-order chi connectivity index (χ1) is 9.68. The van der Waals surface area contributed by atoms with Crippen LogP contribution in [0.15, 0.2) is 30.3 Å². The van der Waals surface area contributed by atoms with Gasteiger partial charge in [-0.25, -0.2) is 0 Å². The summed E-state index contributed by atoms with van der Waals surface area (Å²) < 4.78 is 0. The first-order valence-electron chi connectivity index (χ1n) is 7.40. The lowest BCUT2D eigenvalue weighted by atomic mass is 9.81. The normalized spacial score (nSPS) is 38.6. The SMILES string of the molecule is [NH3+]C1[C@H]2CC[C@@H]1[C@H]1C(=O)N(Cc3ccccc3)C(=O)[C@H]12. The predicted molar refractivity (Wildman–Crippen MR) is 71.9 cm³/mol. The molecule has 1 heterocycles. The van der Waals surface area contributed by atoms with Crippen molar-refractivity contribution in [1.82, 2.24) is 4.90 Å². The highest BCUT2D eigenvalue weighted by Crippen LogP contribution is 2.55. The highest BCUT2D eigenvalue weighted by molar-refractivity contribution is 6.06. The van der Waals surface area contributed by atoms with E-state index in [-0.39, 0.29) is 23.7 Å². The van der Waals surface area contributed by atoms with Gasteiger partial charge in [-0.3, -0.25) is 14.5 Å². The lowest BCUT2D eigenvalue weighted by molar-refractivity contribution is -0.433. The number of rotatable bonds is 2. The molecule has 104 valence electrons. The minimum atomic E-state index is -0.0764. The molecule has 4 nitrogen and oxygen atoms in total. The van der Waals surface area contributed by atoms with E-state index in [0.717, 1.165) is 18.4 Å². The number of likely N-dealkylation sites (tertiary alicyclic amines) is 1. The van der Waals surface area contributed by atoms with Gasteiger partial charge in [0.25, 0.3) is 0 Å². The van der Waals surface area contributed by atoms with E-state index in [2.05, 4.69) is 5.73 Å². The molecular formula is C16H19N2O2+. The number of nitrogens with zero attached hydrogens (tertiary/aromatic N) is 1. The maximum atomic E-state index is 12.6. The second kappa shape index (κ2) is 4.16. The number of imide groups is 1. The van der Waals surface area contributed by atoms with Gasteiger partial charge in [0.05, 0.1) is 24.4 Å². The second-order valence-electron chi connectivity index (χ2n) is 6.37. The molecule has 3 fully saturated rings. The molecule has 2 aliphatic carbocycles. The minimum Gasteiger partial charge on any atom is -0.355 e. The second-order valence-corrected chi connectivity index (χ2v) is 6.37. The largest absolute Gasteiger partial charge is 0.355 e.